The SMILES string of the molecule is CCCCCCOc1ccc(NC=C(C(=O)O)C(=O)OCC)cc1. The Labute approximate surface area is 142 Å². The number of carboxylic acid groups (broad SMARTS) is 1. The van der Waals surface area contributed by atoms with Gasteiger partial charge in [-0.3, -0.25) is 0 Å². The molecule has 0 spiro atoms. The van der Waals surface area contributed by atoms with Crippen molar-refractivity contribution in [1.82, 2.24) is 0 Å². The lowest BCUT2D eigenvalue weighted by atomic mass is 10.2. The molecule has 132 valence electrons. The van der Waals surface area contributed by atoms with Crippen molar-refractivity contribution in [1.29, 1.82) is 0 Å². The summed E-state index contributed by atoms with van der Waals surface area (Å²) in [5.41, 5.74) is 0.199. The van der Waals surface area contributed by atoms with Gasteiger partial charge >= 0.3 is 11.9 Å². The summed E-state index contributed by atoms with van der Waals surface area (Å²) in [5, 5.41) is 11.8. The van der Waals surface area contributed by atoms with Crippen molar-refractivity contribution in [3.8, 4) is 5.75 Å². The molecule has 0 aliphatic carbocycles. The maximum absolute atomic E-state index is 11.5. The van der Waals surface area contributed by atoms with E-state index in [0.717, 1.165) is 24.8 Å². The van der Waals surface area contributed by atoms with Crippen LogP contribution in [0.2, 0.25) is 0 Å². The Balaban J connectivity index is 2.54. The Bertz CT molecular complexity index is 551. The summed E-state index contributed by atoms with van der Waals surface area (Å²) in [7, 11) is 0. The summed E-state index contributed by atoms with van der Waals surface area (Å²) in [6.07, 6.45) is 5.72. The van der Waals surface area contributed by atoms with Gasteiger partial charge in [0.05, 0.1) is 13.2 Å². The van der Waals surface area contributed by atoms with Crippen molar-refractivity contribution in [3.05, 3.63) is 36.0 Å². The number of carboxylic acids is 1. The first-order valence-corrected chi connectivity index (χ1v) is 8.18. The molecule has 0 heterocycles. The fourth-order valence-corrected chi connectivity index (χ4v) is 1.94. The third-order valence-electron chi connectivity index (χ3n) is 3.23. The molecule has 0 radical (unpaired) electrons. The zero-order valence-electron chi connectivity index (χ0n) is 14.2. The Morgan fingerprint density at radius 1 is 1.12 bits per heavy atom. The molecule has 1 aromatic carbocycles. The average Bonchev–Trinajstić information content (AvgIpc) is 2.56. The van der Waals surface area contributed by atoms with Crippen LogP contribution in [-0.2, 0) is 14.3 Å². The molecule has 0 aliphatic rings. The summed E-state index contributed by atoms with van der Waals surface area (Å²) < 4.78 is 10.3. The summed E-state index contributed by atoms with van der Waals surface area (Å²) in [4.78, 5) is 22.6. The number of benzene rings is 1. The highest BCUT2D eigenvalue weighted by molar-refractivity contribution is 6.13. The minimum atomic E-state index is -1.34. The van der Waals surface area contributed by atoms with Crippen LogP contribution >= 0.6 is 0 Å². The van der Waals surface area contributed by atoms with Gasteiger partial charge < -0.3 is 19.9 Å². The highest BCUT2D eigenvalue weighted by Gasteiger charge is 2.18. The van der Waals surface area contributed by atoms with E-state index in [2.05, 4.69) is 12.2 Å². The number of nitrogens with one attached hydrogen (secondary N) is 1. The predicted molar refractivity (Wildman–Crippen MR) is 92.1 cm³/mol. The van der Waals surface area contributed by atoms with E-state index in [-0.39, 0.29) is 6.61 Å². The van der Waals surface area contributed by atoms with Crippen LogP contribution in [0.5, 0.6) is 5.75 Å². The smallest absolute Gasteiger partial charge is 0.347 e. The number of rotatable bonds is 11. The van der Waals surface area contributed by atoms with E-state index in [0.29, 0.717) is 12.3 Å². The van der Waals surface area contributed by atoms with E-state index < -0.39 is 17.5 Å². The van der Waals surface area contributed by atoms with E-state index >= 15 is 0 Å². The van der Waals surface area contributed by atoms with Crippen LogP contribution in [0.4, 0.5) is 5.69 Å². The lowest BCUT2D eigenvalue weighted by molar-refractivity contribution is -0.143. The first-order chi connectivity index (χ1) is 11.6. The second-order valence-corrected chi connectivity index (χ2v) is 5.16. The van der Waals surface area contributed by atoms with Gasteiger partial charge in [0.1, 0.15) is 5.75 Å². The molecule has 0 fully saturated rings. The van der Waals surface area contributed by atoms with Crippen LogP contribution in [0, 0.1) is 0 Å². The standard InChI is InChI=1S/C18H25NO5/c1-3-5-6-7-12-24-15-10-8-14(9-11-15)19-13-16(17(20)21)18(22)23-4-2/h8-11,13,19H,3-7,12H2,1-2H3,(H,20,21). The number of hydrogen-bond acceptors (Lipinski definition) is 5. The zero-order chi connectivity index (χ0) is 17.8. The Morgan fingerprint density at radius 3 is 2.42 bits per heavy atom. The first-order valence-electron chi connectivity index (χ1n) is 8.18. The summed E-state index contributed by atoms with van der Waals surface area (Å²) >= 11 is 0. The van der Waals surface area contributed by atoms with Crippen molar-refractivity contribution < 1.29 is 24.2 Å². The highest BCUT2D eigenvalue weighted by Crippen LogP contribution is 2.16. The Kier molecular flexibility index (Phi) is 9.04. The molecule has 1 aromatic rings. The summed E-state index contributed by atoms with van der Waals surface area (Å²) in [6, 6.07) is 7.09. The van der Waals surface area contributed by atoms with E-state index in [9.17, 15) is 9.59 Å². The molecule has 24 heavy (non-hydrogen) atoms. The van der Waals surface area contributed by atoms with Gasteiger partial charge in [-0.1, -0.05) is 26.2 Å². The lowest BCUT2D eigenvalue weighted by Crippen LogP contribution is -2.16. The van der Waals surface area contributed by atoms with E-state index in [4.69, 9.17) is 14.6 Å². The van der Waals surface area contributed by atoms with Crippen LogP contribution in [0.15, 0.2) is 36.0 Å². The molecular formula is C18H25NO5. The van der Waals surface area contributed by atoms with E-state index in [1.165, 1.54) is 12.8 Å². The number of carbonyl (C=O) groups excluding carboxylic acids is 1. The fourth-order valence-electron chi connectivity index (χ4n) is 1.94. The molecule has 0 aliphatic heterocycles. The lowest BCUT2D eigenvalue weighted by Gasteiger charge is -2.08. The average molecular weight is 335 g/mol. The topological polar surface area (TPSA) is 84.9 Å². The van der Waals surface area contributed by atoms with Crippen molar-refractivity contribution in [2.24, 2.45) is 0 Å². The Morgan fingerprint density at radius 2 is 1.83 bits per heavy atom. The van der Waals surface area contributed by atoms with Crippen molar-refractivity contribution >= 4 is 17.6 Å². The van der Waals surface area contributed by atoms with Gasteiger partial charge in [0, 0.05) is 11.9 Å². The van der Waals surface area contributed by atoms with Gasteiger partial charge in [-0.2, -0.15) is 0 Å². The monoisotopic (exact) mass is 335 g/mol. The Hall–Kier alpha value is -2.50. The highest BCUT2D eigenvalue weighted by atomic mass is 16.5. The molecule has 0 unspecified atom stereocenters. The van der Waals surface area contributed by atoms with Crippen LogP contribution in [0.25, 0.3) is 0 Å². The maximum atomic E-state index is 11.5. The summed E-state index contributed by atoms with van der Waals surface area (Å²) in [6.45, 7) is 4.58. The molecule has 0 atom stereocenters. The molecule has 0 saturated carbocycles. The van der Waals surface area contributed by atoms with Crippen LogP contribution < -0.4 is 10.1 Å². The number of aliphatic carboxylic acids is 1. The molecule has 0 amide bonds. The van der Waals surface area contributed by atoms with Gasteiger partial charge in [0.15, 0.2) is 5.57 Å². The normalized spacial score (nSPS) is 11.0. The van der Waals surface area contributed by atoms with E-state index in [1.54, 1.807) is 31.2 Å². The molecule has 0 aromatic heterocycles. The maximum Gasteiger partial charge on any atom is 0.347 e. The zero-order valence-corrected chi connectivity index (χ0v) is 14.2. The number of unbranched alkanes of at least 4 members (excludes halogenated alkanes) is 3. The van der Waals surface area contributed by atoms with Crippen molar-refractivity contribution in [2.45, 2.75) is 39.5 Å². The minimum absolute atomic E-state index is 0.119. The van der Waals surface area contributed by atoms with Gasteiger partial charge in [-0.15, -0.1) is 0 Å². The van der Waals surface area contributed by atoms with Crippen LogP contribution in [0.1, 0.15) is 39.5 Å². The quantitative estimate of drug-likeness (QED) is 0.211. The number of carbonyl (C=O) groups is 2. The molecule has 2 N–H and O–H groups in total. The van der Waals surface area contributed by atoms with Gasteiger partial charge in [0.2, 0.25) is 0 Å². The number of hydrogen-bond donors (Lipinski definition) is 2. The number of esters is 1. The number of ether oxygens (including phenoxy) is 2. The summed E-state index contributed by atoms with van der Waals surface area (Å²) in [5.74, 6) is -1.46. The third-order valence-corrected chi connectivity index (χ3v) is 3.23. The minimum Gasteiger partial charge on any atom is -0.494 e. The predicted octanol–water partition coefficient (Wildman–Crippen LogP) is 3.59. The van der Waals surface area contributed by atoms with E-state index in [1.807, 2.05) is 0 Å². The third kappa shape index (κ3) is 7.17. The van der Waals surface area contributed by atoms with Crippen LogP contribution in [-0.4, -0.2) is 30.3 Å². The second-order valence-electron chi connectivity index (χ2n) is 5.16. The van der Waals surface area contributed by atoms with Crippen LogP contribution in [0.3, 0.4) is 0 Å². The first kappa shape index (κ1) is 19.5. The van der Waals surface area contributed by atoms with Gasteiger partial charge in [0.25, 0.3) is 0 Å². The molecule has 0 bridgehead atoms. The largest absolute Gasteiger partial charge is 0.494 e. The van der Waals surface area contributed by atoms with Gasteiger partial charge in [-0.25, -0.2) is 9.59 Å². The molecular weight excluding hydrogens is 310 g/mol. The molecule has 6 heteroatoms. The fraction of sp³-hybridized carbons (Fsp3) is 0.444. The second kappa shape index (κ2) is 11.1. The van der Waals surface area contributed by atoms with Gasteiger partial charge in [-0.05, 0) is 37.6 Å². The van der Waals surface area contributed by atoms with Crippen molar-refractivity contribution in [3.63, 3.8) is 0 Å². The number of anilines is 1. The molecule has 1 rings (SSSR count). The molecule has 0 saturated heterocycles. The molecule has 6 nitrogen and oxygen atoms in total. The van der Waals surface area contributed by atoms with Crippen molar-refractivity contribution in [2.75, 3.05) is 18.5 Å².